The van der Waals surface area contributed by atoms with Crippen molar-refractivity contribution in [2.75, 3.05) is 0 Å². The van der Waals surface area contributed by atoms with E-state index in [1.165, 1.54) is 36.4 Å². The van der Waals surface area contributed by atoms with E-state index in [0.717, 1.165) is 60.7 Å². The van der Waals surface area contributed by atoms with E-state index >= 15 is 0 Å². The van der Waals surface area contributed by atoms with Crippen LogP contribution >= 0.6 is 20.9 Å². The molecule has 0 aliphatic carbocycles. The van der Waals surface area contributed by atoms with Gasteiger partial charge in [-0.2, -0.15) is 39.5 Å². The molecular weight excluding hydrogens is 1230 g/mol. The van der Waals surface area contributed by atoms with Crippen LogP contribution in [0.25, 0.3) is 51.5 Å². The molecule has 0 aliphatic rings. The minimum Gasteiger partial charge on any atom is -0.766 e. The predicted molar refractivity (Wildman–Crippen MR) is 242 cm³/mol. The average molecular weight is 1250 g/mol. The molecule has 6 aromatic carbocycles. The summed E-state index contributed by atoms with van der Waals surface area (Å²) < 4.78 is 325. The fourth-order valence-electron chi connectivity index (χ4n) is 5.65. The van der Waals surface area contributed by atoms with Crippen LogP contribution in [0.4, 0.5) is 92.2 Å². The van der Waals surface area contributed by atoms with Crippen LogP contribution in [0.3, 0.4) is 0 Å². The zero-order valence-corrected chi connectivity index (χ0v) is 42.4. The molecule has 0 saturated heterocycles. The Hall–Kier alpha value is -4.78. The zero-order chi connectivity index (χ0) is 57.6. The number of hydrogen-bond donors (Lipinski definition) is 0. The number of halogens is 21. The second-order valence-corrected chi connectivity index (χ2v) is 21.1. The minimum atomic E-state index is -6.09. The van der Waals surface area contributed by atoms with Crippen LogP contribution in [0.1, 0.15) is 14.9 Å². The number of fused-ring (bicyclic) bond motifs is 6. The van der Waals surface area contributed by atoms with Gasteiger partial charge in [0, 0.05) is 18.2 Å². The van der Waals surface area contributed by atoms with E-state index in [0.29, 0.717) is 11.1 Å². The van der Waals surface area contributed by atoms with Crippen LogP contribution in [0, 0.1) is 34.9 Å². The van der Waals surface area contributed by atoms with Crippen molar-refractivity contribution in [3.05, 3.63) is 156 Å². The van der Waals surface area contributed by atoms with Crippen molar-refractivity contribution in [2.24, 2.45) is 0 Å². The summed E-state index contributed by atoms with van der Waals surface area (Å²) in [7, 11) is -16.7. The number of rotatable bonds is 1. The fraction of sp³-hybridized carbons (Fsp3) is 0.163. The van der Waals surface area contributed by atoms with Crippen molar-refractivity contribution >= 4 is 92.6 Å². The summed E-state index contributed by atoms with van der Waals surface area (Å²) in [5.74, 6) is -3.45. The summed E-state index contributed by atoms with van der Waals surface area (Å²) in [5, 5.41) is 0.482. The van der Waals surface area contributed by atoms with Crippen molar-refractivity contribution in [1.82, 2.24) is 0 Å². The smallest absolute Gasteiger partial charge is 0.766 e. The van der Waals surface area contributed by atoms with Crippen LogP contribution in [0.15, 0.2) is 121 Å². The number of hydrogen-bond acceptors (Lipinski definition) is 8. The molecule has 0 fully saturated rings. The summed E-state index contributed by atoms with van der Waals surface area (Å²) >= 11 is -3.93. The van der Waals surface area contributed by atoms with Gasteiger partial charge in [0.25, 0.3) is 0 Å². The Morgan fingerprint density at radius 3 is 0.949 bits per heavy atom. The molecule has 0 radical (unpaired) electrons. The van der Waals surface area contributed by atoms with E-state index in [-0.39, 0.29) is 91.7 Å². The molecule has 2 aromatic heterocycles. The SMILES string of the molecule is C.C.Fc1ccc2c(c1)c1cc(F)ccc1[s+]2C(F)(F)F.Fc1ccc2c(c1)c1cccc(F)c1[s+]2C(F)(F)F.Fc1cccc(-c2cccc(F)c2)c1.O=S(=O)([O-])C(F)(F)F.O=S(=O)([O-])C(F)(F)F.O=S([O-])C(F)(F)F.[Na+]. The summed E-state index contributed by atoms with van der Waals surface area (Å²) in [6.07, 6.45) is 0. The van der Waals surface area contributed by atoms with Crippen LogP contribution in [-0.4, -0.2) is 51.2 Å². The maximum atomic E-state index is 13.7. The Labute approximate surface area is 456 Å². The van der Waals surface area contributed by atoms with Gasteiger partial charge in [0.1, 0.15) is 50.0 Å². The zero-order valence-electron chi connectivity index (χ0n) is 36.3. The summed E-state index contributed by atoms with van der Waals surface area (Å²) in [6, 6.07) is 25.3. The molecular formula is C43H28F21NaO8S5. The molecule has 0 N–H and O–H groups in total. The van der Waals surface area contributed by atoms with Gasteiger partial charge in [-0.25, -0.2) is 43.2 Å². The van der Waals surface area contributed by atoms with Crippen molar-refractivity contribution in [2.45, 2.75) is 42.4 Å². The maximum absolute atomic E-state index is 13.7. The Bertz CT molecular complexity index is 3390. The van der Waals surface area contributed by atoms with Crippen molar-refractivity contribution < 1.29 is 156 Å². The number of thiophene rings is 2. The molecule has 2 atom stereocenters. The van der Waals surface area contributed by atoms with Gasteiger partial charge in [0.05, 0.1) is 32.6 Å². The monoisotopic (exact) mass is 1250 g/mol. The van der Waals surface area contributed by atoms with Crippen LogP contribution < -0.4 is 29.6 Å². The van der Waals surface area contributed by atoms with Gasteiger partial charge in [-0.1, -0.05) is 45.2 Å². The number of alkyl halides is 15. The first kappa shape index (κ1) is 73.2. The van der Waals surface area contributed by atoms with E-state index < -0.39 is 108 Å². The molecule has 35 heteroatoms. The van der Waals surface area contributed by atoms with E-state index in [1.807, 2.05) is 0 Å². The summed E-state index contributed by atoms with van der Waals surface area (Å²) in [5.41, 5.74) is -24.1. The van der Waals surface area contributed by atoms with Crippen LogP contribution in [0.2, 0.25) is 0 Å². The summed E-state index contributed by atoms with van der Waals surface area (Å²) in [4.78, 5) is 0. The first-order valence-corrected chi connectivity index (χ1v) is 24.8. The Balaban J connectivity index is 0.000000948. The Kier molecular flexibility index (Phi) is 26.4. The van der Waals surface area contributed by atoms with Gasteiger partial charge in [-0.15, -0.1) is 26.3 Å². The van der Waals surface area contributed by atoms with Gasteiger partial charge in [0.15, 0.2) is 40.2 Å². The van der Waals surface area contributed by atoms with E-state index in [2.05, 4.69) is 0 Å². The first-order chi connectivity index (χ1) is 34.0. The average Bonchev–Trinajstić information content (AvgIpc) is 3.76. The molecule has 0 bridgehead atoms. The number of benzene rings is 6. The largest absolute Gasteiger partial charge is 1.00 e. The van der Waals surface area contributed by atoms with Crippen molar-refractivity contribution in [1.29, 1.82) is 0 Å². The summed E-state index contributed by atoms with van der Waals surface area (Å²) in [6.45, 7) is 0. The first-order valence-electron chi connectivity index (χ1n) is 18.5. The van der Waals surface area contributed by atoms with Crippen molar-refractivity contribution in [3.8, 4) is 11.1 Å². The van der Waals surface area contributed by atoms with E-state index in [4.69, 9.17) is 34.7 Å². The maximum Gasteiger partial charge on any atom is 1.00 e. The molecule has 0 saturated carbocycles. The Morgan fingerprint density at radius 2 is 0.679 bits per heavy atom. The quantitative estimate of drug-likeness (QED) is 0.0393. The van der Waals surface area contributed by atoms with Crippen LogP contribution in [-0.2, 0) is 42.3 Å². The minimum absolute atomic E-state index is 0. The van der Waals surface area contributed by atoms with Crippen LogP contribution in [0.5, 0.6) is 0 Å². The second-order valence-electron chi connectivity index (χ2n) is 13.5. The standard InChI is InChI=1S/2C13H6F5S.C12H8F2.2CHF3O3S.CHF3O2S.2CH4.Na/c14-7-1-3-11-9(5-7)10-6-8(15)2-4-12(10)19(11)13(16,17)18;14-7-4-5-11-9(6-7)8-2-1-3-10(15)12(8)19(11)13(16,17)18;13-11-5-1-3-9(7-11)10-4-2-6-12(14)8-10;2*2-1(3,4)8(5,6)7;2-1(3,4)7(5)6;;;/h2*1-6H;1-8H;2*(H,5,6,7);(H,5,6);2*1H4;/q2*+1;;;;;;;+1/p-3. The molecule has 0 amide bonds. The molecule has 8 rings (SSSR count). The van der Waals surface area contributed by atoms with Gasteiger partial charge in [-0.05, 0) is 83.9 Å². The van der Waals surface area contributed by atoms with Gasteiger partial charge >= 0.3 is 57.1 Å². The predicted octanol–water partition coefficient (Wildman–Crippen LogP) is 13.4. The Morgan fingerprint density at radius 1 is 0.410 bits per heavy atom. The topological polar surface area (TPSA) is 155 Å². The van der Waals surface area contributed by atoms with Crippen molar-refractivity contribution in [3.63, 3.8) is 0 Å². The fourth-order valence-corrected chi connectivity index (χ4v) is 9.53. The molecule has 0 aliphatic heterocycles. The molecule has 8 aromatic rings. The molecule has 426 valence electrons. The third-order valence-corrected chi connectivity index (χ3v) is 14.1. The van der Waals surface area contributed by atoms with Gasteiger partial charge in [-0.3, -0.25) is 4.21 Å². The molecule has 8 nitrogen and oxygen atoms in total. The molecule has 0 spiro atoms. The van der Waals surface area contributed by atoms with E-state index in [1.54, 1.807) is 24.3 Å². The normalized spacial score (nSPS) is 12.5. The van der Waals surface area contributed by atoms with E-state index in [9.17, 15) is 92.2 Å². The molecule has 2 unspecified atom stereocenters. The van der Waals surface area contributed by atoms with Gasteiger partial charge < -0.3 is 13.7 Å². The second kappa shape index (κ2) is 28.1. The third-order valence-electron chi connectivity index (χ3n) is 8.44. The molecule has 78 heavy (non-hydrogen) atoms. The van der Waals surface area contributed by atoms with Gasteiger partial charge in [0.2, 0.25) is 4.70 Å². The third kappa shape index (κ3) is 20.1. The molecule has 2 heterocycles.